The molecule has 0 aromatic carbocycles. The number of sulfonamides is 1. The summed E-state index contributed by atoms with van der Waals surface area (Å²) >= 11 is 0. The summed E-state index contributed by atoms with van der Waals surface area (Å²) in [7, 11) is -1.91. The zero-order valence-electron chi connectivity index (χ0n) is 12.6. The molecule has 1 atom stereocenters. The van der Waals surface area contributed by atoms with Gasteiger partial charge in [-0.2, -0.15) is 4.31 Å². The molecule has 1 N–H and O–H groups in total. The van der Waals surface area contributed by atoms with Crippen LogP contribution < -0.4 is 5.32 Å². The Hall–Kier alpha value is -1.18. The first kappa shape index (κ1) is 16.2. The van der Waals surface area contributed by atoms with Gasteiger partial charge in [-0.3, -0.25) is 0 Å². The van der Waals surface area contributed by atoms with Crippen LogP contribution in [0.5, 0.6) is 0 Å². The number of hydrogen-bond acceptors (Lipinski definition) is 5. The number of rotatable bonds is 6. The van der Waals surface area contributed by atoms with Gasteiger partial charge in [0.2, 0.25) is 10.0 Å². The van der Waals surface area contributed by atoms with Gasteiger partial charge in [0.15, 0.2) is 0 Å². The molecule has 1 saturated heterocycles. The molecule has 0 aliphatic carbocycles. The quantitative estimate of drug-likeness (QED) is 0.865. The number of piperidine rings is 1. The van der Waals surface area contributed by atoms with Crippen LogP contribution in [0.1, 0.15) is 26.2 Å². The van der Waals surface area contributed by atoms with Crippen molar-refractivity contribution in [2.45, 2.75) is 37.2 Å². The molecule has 1 aliphatic heterocycles. The molecule has 1 aliphatic rings. The van der Waals surface area contributed by atoms with Gasteiger partial charge in [0.1, 0.15) is 10.7 Å². The highest BCUT2D eigenvalue weighted by Gasteiger charge is 2.32. The zero-order valence-corrected chi connectivity index (χ0v) is 13.4. The van der Waals surface area contributed by atoms with Gasteiger partial charge in [0.25, 0.3) is 0 Å². The SMILES string of the molecule is CCCNc1ncccc1S(=O)(=O)N1CCCC(OC)C1. The van der Waals surface area contributed by atoms with E-state index in [9.17, 15) is 8.42 Å². The van der Waals surface area contributed by atoms with Crippen LogP contribution in [0.4, 0.5) is 5.82 Å². The summed E-state index contributed by atoms with van der Waals surface area (Å²) in [4.78, 5) is 4.41. The Balaban J connectivity index is 2.26. The van der Waals surface area contributed by atoms with E-state index in [0.717, 1.165) is 19.3 Å². The molecular weight excluding hydrogens is 290 g/mol. The minimum atomic E-state index is -3.54. The van der Waals surface area contributed by atoms with Crippen molar-refractivity contribution >= 4 is 15.8 Å². The van der Waals surface area contributed by atoms with Crippen molar-refractivity contribution in [1.29, 1.82) is 0 Å². The number of ether oxygens (including phenoxy) is 1. The lowest BCUT2D eigenvalue weighted by atomic mass is 10.1. The third kappa shape index (κ3) is 3.72. The second kappa shape index (κ2) is 7.20. The predicted octanol–water partition coefficient (Wildman–Crippen LogP) is 1.70. The fourth-order valence-electron chi connectivity index (χ4n) is 2.43. The van der Waals surface area contributed by atoms with E-state index in [2.05, 4.69) is 10.3 Å². The van der Waals surface area contributed by atoms with Crippen LogP contribution >= 0.6 is 0 Å². The predicted molar refractivity (Wildman–Crippen MR) is 81.8 cm³/mol. The van der Waals surface area contributed by atoms with Crippen molar-refractivity contribution in [2.24, 2.45) is 0 Å². The summed E-state index contributed by atoms with van der Waals surface area (Å²) in [5, 5.41) is 3.09. The molecule has 21 heavy (non-hydrogen) atoms. The zero-order chi connectivity index (χ0) is 15.3. The molecule has 2 heterocycles. The molecule has 1 aromatic heterocycles. The van der Waals surface area contributed by atoms with E-state index < -0.39 is 10.0 Å². The van der Waals surface area contributed by atoms with Gasteiger partial charge >= 0.3 is 0 Å². The number of pyridine rings is 1. The van der Waals surface area contributed by atoms with Crippen LogP contribution in [0.15, 0.2) is 23.2 Å². The lowest BCUT2D eigenvalue weighted by Crippen LogP contribution is -2.43. The average Bonchev–Trinajstić information content (AvgIpc) is 2.53. The molecule has 6 nitrogen and oxygen atoms in total. The molecule has 1 unspecified atom stereocenters. The molecule has 1 aromatic rings. The Bertz CT molecular complexity index is 562. The van der Waals surface area contributed by atoms with Crippen molar-refractivity contribution in [3.63, 3.8) is 0 Å². The Morgan fingerprint density at radius 2 is 2.33 bits per heavy atom. The maximum absolute atomic E-state index is 12.8. The van der Waals surface area contributed by atoms with Crippen molar-refractivity contribution in [3.8, 4) is 0 Å². The first-order chi connectivity index (χ1) is 10.1. The van der Waals surface area contributed by atoms with E-state index in [-0.39, 0.29) is 11.0 Å². The molecule has 2 rings (SSSR count). The Morgan fingerprint density at radius 1 is 1.52 bits per heavy atom. The Labute approximate surface area is 126 Å². The van der Waals surface area contributed by atoms with Crippen molar-refractivity contribution in [1.82, 2.24) is 9.29 Å². The molecule has 0 amide bonds. The maximum Gasteiger partial charge on any atom is 0.246 e. The fourth-order valence-corrected chi connectivity index (χ4v) is 4.06. The molecule has 0 saturated carbocycles. The molecule has 118 valence electrons. The van der Waals surface area contributed by atoms with Gasteiger partial charge in [-0.15, -0.1) is 0 Å². The van der Waals surface area contributed by atoms with Crippen LogP contribution in [0.3, 0.4) is 0 Å². The van der Waals surface area contributed by atoms with E-state index in [1.54, 1.807) is 25.4 Å². The molecule has 7 heteroatoms. The summed E-state index contributed by atoms with van der Waals surface area (Å²) in [6.07, 6.45) is 4.19. The first-order valence-corrected chi connectivity index (χ1v) is 8.75. The summed E-state index contributed by atoms with van der Waals surface area (Å²) in [5.74, 6) is 0.430. The smallest absolute Gasteiger partial charge is 0.246 e. The largest absolute Gasteiger partial charge is 0.380 e. The fraction of sp³-hybridized carbons (Fsp3) is 0.643. The standard InChI is InChI=1S/C14H23N3O3S/c1-3-8-15-14-13(7-4-9-16-14)21(18,19)17-10-5-6-12(11-17)20-2/h4,7,9,12H,3,5-6,8,10-11H2,1-2H3,(H,15,16). The van der Waals surface area contributed by atoms with Crippen LogP contribution in [0.25, 0.3) is 0 Å². The van der Waals surface area contributed by atoms with Crippen LogP contribution in [0, 0.1) is 0 Å². The first-order valence-electron chi connectivity index (χ1n) is 7.31. The summed E-state index contributed by atoms with van der Waals surface area (Å²) in [6, 6.07) is 3.26. The van der Waals surface area contributed by atoms with Gasteiger partial charge in [0, 0.05) is 32.9 Å². The summed E-state index contributed by atoms with van der Waals surface area (Å²) < 4.78 is 32.5. The van der Waals surface area contributed by atoms with Crippen molar-refractivity contribution in [2.75, 3.05) is 32.1 Å². The lowest BCUT2D eigenvalue weighted by Gasteiger charge is -2.31. The highest BCUT2D eigenvalue weighted by molar-refractivity contribution is 7.89. The van der Waals surface area contributed by atoms with Crippen LogP contribution in [-0.4, -0.2) is 50.6 Å². The second-order valence-electron chi connectivity index (χ2n) is 5.14. The minimum absolute atomic E-state index is 0.0303. The Kier molecular flexibility index (Phi) is 5.55. The number of methoxy groups -OCH3 is 1. The van der Waals surface area contributed by atoms with Crippen molar-refractivity contribution in [3.05, 3.63) is 18.3 Å². The van der Waals surface area contributed by atoms with E-state index in [4.69, 9.17) is 4.74 Å². The number of aromatic nitrogens is 1. The molecule has 0 radical (unpaired) electrons. The molecular formula is C14H23N3O3S. The number of nitrogens with zero attached hydrogens (tertiary/aromatic N) is 2. The number of hydrogen-bond donors (Lipinski definition) is 1. The van der Waals surface area contributed by atoms with Gasteiger partial charge < -0.3 is 10.1 Å². The highest BCUT2D eigenvalue weighted by atomic mass is 32.2. The van der Waals surface area contributed by atoms with E-state index in [1.807, 2.05) is 6.92 Å². The molecule has 1 fully saturated rings. The van der Waals surface area contributed by atoms with Gasteiger partial charge in [-0.05, 0) is 31.4 Å². The van der Waals surface area contributed by atoms with Gasteiger partial charge in [-0.25, -0.2) is 13.4 Å². The highest BCUT2D eigenvalue weighted by Crippen LogP contribution is 2.25. The van der Waals surface area contributed by atoms with E-state index in [0.29, 0.717) is 25.5 Å². The Morgan fingerprint density at radius 3 is 3.05 bits per heavy atom. The van der Waals surface area contributed by atoms with Gasteiger partial charge in [0.05, 0.1) is 6.10 Å². The van der Waals surface area contributed by atoms with Gasteiger partial charge in [-0.1, -0.05) is 6.92 Å². The normalized spacial score (nSPS) is 20.4. The number of nitrogens with one attached hydrogen (secondary N) is 1. The minimum Gasteiger partial charge on any atom is -0.380 e. The summed E-state index contributed by atoms with van der Waals surface area (Å²) in [6.45, 7) is 3.66. The monoisotopic (exact) mass is 313 g/mol. The van der Waals surface area contributed by atoms with Crippen LogP contribution in [0.2, 0.25) is 0 Å². The van der Waals surface area contributed by atoms with E-state index in [1.165, 1.54) is 4.31 Å². The van der Waals surface area contributed by atoms with Crippen LogP contribution in [-0.2, 0) is 14.8 Å². The van der Waals surface area contributed by atoms with Crippen molar-refractivity contribution < 1.29 is 13.2 Å². The lowest BCUT2D eigenvalue weighted by molar-refractivity contribution is 0.0572. The number of anilines is 1. The third-order valence-electron chi connectivity index (χ3n) is 3.61. The average molecular weight is 313 g/mol. The van der Waals surface area contributed by atoms with E-state index >= 15 is 0 Å². The maximum atomic E-state index is 12.8. The topological polar surface area (TPSA) is 71.5 Å². The second-order valence-corrected chi connectivity index (χ2v) is 7.05. The molecule has 0 spiro atoms. The molecule has 0 bridgehead atoms. The summed E-state index contributed by atoms with van der Waals surface area (Å²) in [5.41, 5.74) is 0. The third-order valence-corrected chi connectivity index (χ3v) is 5.50.